The Morgan fingerprint density at radius 2 is 2.04 bits per heavy atom. The molecule has 0 spiro atoms. The Hall–Kier alpha value is -2.43. The fourth-order valence-electron chi connectivity index (χ4n) is 1.69. The van der Waals surface area contributed by atoms with Gasteiger partial charge in [0.2, 0.25) is 5.91 Å². The second-order valence-electron chi connectivity index (χ2n) is 4.56. The fraction of sp³-hybridized carbons (Fsp3) is 0.308. The minimum Gasteiger partial charge on any atom is -0.406 e. The number of carbonyl (C=O) groups excluding carboxylic acids is 1. The van der Waals surface area contributed by atoms with Crippen molar-refractivity contribution in [2.45, 2.75) is 17.8 Å². The number of hydrogen-bond donors (Lipinski definition) is 2. The average Bonchev–Trinajstić information content (AvgIpc) is 2.79. The van der Waals surface area contributed by atoms with Gasteiger partial charge in [-0.3, -0.25) is 9.32 Å². The lowest BCUT2D eigenvalue weighted by Crippen LogP contribution is -2.33. The second-order valence-corrected chi connectivity index (χ2v) is 5.65. The monoisotopic (exact) mass is 364 g/mol. The van der Waals surface area contributed by atoms with Crippen molar-refractivity contribution in [1.29, 1.82) is 0 Å². The summed E-state index contributed by atoms with van der Waals surface area (Å²) in [5.74, 6) is -0.380. The number of benzene rings is 1. The molecule has 24 heavy (non-hydrogen) atoms. The van der Waals surface area contributed by atoms with Crippen molar-refractivity contribution in [1.82, 2.24) is 5.27 Å². The first kappa shape index (κ1) is 17.9. The van der Waals surface area contributed by atoms with Gasteiger partial charge in [-0.2, -0.15) is 0 Å². The quantitative estimate of drug-likeness (QED) is 0.603. The predicted molar refractivity (Wildman–Crippen MR) is 77.6 cm³/mol. The van der Waals surface area contributed by atoms with Crippen LogP contribution in [-0.4, -0.2) is 23.3 Å². The highest BCUT2D eigenvalue weighted by Crippen LogP contribution is 2.24. The second kappa shape index (κ2) is 7.43. The number of anilines is 1. The molecule has 1 aromatic heterocycles. The number of aromatic nitrogens is 2. The molecule has 0 saturated carbocycles. The van der Waals surface area contributed by atoms with E-state index in [1.807, 2.05) is 0 Å². The van der Waals surface area contributed by atoms with E-state index in [1.165, 1.54) is 16.8 Å². The van der Waals surface area contributed by atoms with E-state index in [1.54, 1.807) is 7.05 Å². The van der Waals surface area contributed by atoms with Crippen molar-refractivity contribution in [3.05, 3.63) is 34.7 Å². The molecule has 130 valence electrons. The summed E-state index contributed by atoms with van der Waals surface area (Å²) in [6, 6.07) is 4.80. The summed E-state index contributed by atoms with van der Waals surface area (Å²) in [7, 11) is 1.60. The number of hydrogen-bond acceptors (Lipinski definition) is 5. The number of thioether (sulfide) groups is 1. The molecule has 2 N–H and O–H groups in total. The summed E-state index contributed by atoms with van der Waals surface area (Å²) in [6.07, 6.45) is -4.65. The van der Waals surface area contributed by atoms with E-state index in [2.05, 4.69) is 19.8 Å². The number of ether oxygens (including phenoxy) is 1. The number of aryl methyl sites for hydroxylation is 1. The Balaban J connectivity index is 1.81. The van der Waals surface area contributed by atoms with Gasteiger partial charge in [0.1, 0.15) is 5.75 Å². The topological polar surface area (TPSA) is 88.2 Å². The molecule has 1 heterocycles. The smallest absolute Gasteiger partial charge is 0.406 e. The maximum Gasteiger partial charge on any atom is 0.573 e. The molecule has 7 nitrogen and oxygen atoms in total. The molecular weight excluding hydrogens is 351 g/mol. The van der Waals surface area contributed by atoms with Gasteiger partial charge in [0.25, 0.3) is 0 Å². The minimum absolute atomic E-state index is 0.107. The number of aromatic amines is 1. The summed E-state index contributed by atoms with van der Waals surface area (Å²) < 4.78 is 45.8. The summed E-state index contributed by atoms with van der Waals surface area (Å²) in [6.45, 7) is 0. The van der Waals surface area contributed by atoms with Gasteiger partial charge in [0.05, 0.1) is 0 Å². The Bertz CT molecular complexity index is 755. The van der Waals surface area contributed by atoms with Crippen LogP contribution in [0.1, 0.15) is 6.42 Å². The van der Waals surface area contributed by atoms with E-state index in [-0.39, 0.29) is 18.1 Å². The number of H-pyrrole nitrogens is 1. The maximum absolute atomic E-state index is 12.0. The van der Waals surface area contributed by atoms with Gasteiger partial charge in [-0.05, 0) is 41.3 Å². The summed E-state index contributed by atoms with van der Waals surface area (Å²) in [4.78, 5) is 23.1. The lowest BCUT2D eigenvalue weighted by atomic mass is 10.3. The molecule has 0 atom stereocenters. The standard InChI is InChI=1S/C13H12F3N3O4S/c1-19-11(12(21)23-18-19)24-7-6-10(20)17-8-2-4-9(5-3-8)22-13(14,15)16/h2-5H,6-7H2,1H3,(H-,17,18,20,21)/p+1. The first-order chi connectivity index (χ1) is 11.2. The molecule has 11 heteroatoms. The molecule has 1 amide bonds. The third-order valence-electron chi connectivity index (χ3n) is 2.69. The zero-order valence-electron chi connectivity index (χ0n) is 12.3. The molecule has 0 radical (unpaired) electrons. The van der Waals surface area contributed by atoms with Gasteiger partial charge >= 0.3 is 17.0 Å². The van der Waals surface area contributed by atoms with Gasteiger partial charge in [-0.1, -0.05) is 4.68 Å². The normalized spacial score (nSPS) is 11.3. The largest absolute Gasteiger partial charge is 0.573 e. The van der Waals surface area contributed by atoms with Crippen molar-refractivity contribution in [2.75, 3.05) is 11.1 Å². The van der Waals surface area contributed by atoms with Crippen LogP contribution >= 0.6 is 11.8 Å². The van der Waals surface area contributed by atoms with Crippen LogP contribution in [0.15, 0.2) is 38.6 Å². The minimum atomic E-state index is -4.76. The number of nitrogens with zero attached hydrogens (tertiary/aromatic N) is 1. The number of alkyl halides is 3. The van der Waals surface area contributed by atoms with Crippen LogP contribution in [0.25, 0.3) is 0 Å². The SMILES string of the molecule is C[n+]1[nH]oc(=O)c1SCCC(=O)Nc1ccc(OC(F)(F)F)cc1. The van der Waals surface area contributed by atoms with E-state index in [0.29, 0.717) is 16.5 Å². The zero-order valence-corrected chi connectivity index (χ0v) is 13.2. The molecule has 1 aromatic carbocycles. The van der Waals surface area contributed by atoms with Crippen molar-refractivity contribution in [2.24, 2.45) is 7.05 Å². The molecule has 0 saturated heterocycles. The summed E-state index contributed by atoms with van der Waals surface area (Å²) >= 11 is 1.15. The first-order valence-corrected chi connectivity index (χ1v) is 7.59. The highest BCUT2D eigenvalue weighted by molar-refractivity contribution is 7.99. The van der Waals surface area contributed by atoms with Crippen LogP contribution in [0.5, 0.6) is 5.75 Å². The van der Waals surface area contributed by atoms with E-state index in [9.17, 15) is 22.8 Å². The maximum atomic E-state index is 12.0. The first-order valence-electron chi connectivity index (χ1n) is 6.60. The van der Waals surface area contributed by atoms with Crippen molar-refractivity contribution in [3.8, 4) is 5.75 Å². The molecular formula is C13H13F3N3O4S+. The Kier molecular flexibility index (Phi) is 5.54. The number of carbonyl (C=O) groups is 1. The average molecular weight is 364 g/mol. The lowest BCUT2D eigenvalue weighted by Gasteiger charge is -2.09. The predicted octanol–water partition coefficient (Wildman–Crippen LogP) is 1.81. The van der Waals surface area contributed by atoms with Gasteiger partial charge in [0, 0.05) is 17.9 Å². The van der Waals surface area contributed by atoms with Gasteiger partial charge < -0.3 is 10.1 Å². The van der Waals surface area contributed by atoms with E-state index in [4.69, 9.17) is 0 Å². The molecule has 0 fully saturated rings. The van der Waals surface area contributed by atoms with E-state index >= 15 is 0 Å². The van der Waals surface area contributed by atoms with Crippen LogP contribution < -0.4 is 20.4 Å². The third kappa shape index (κ3) is 5.33. The van der Waals surface area contributed by atoms with Crippen molar-refractivity contribution < 1.29 is 31.9 Å². The Labute approximate surface area is 137 Å². The molecule has 0 aliphatic rings. The molecule has 2 rings (SSSR count). The number of rotatable bonds is 6. The van der Waals surface area contributed by atoms with Gasteiger partial charge in [0.15, 0.2) is 7.05 Å². The number of amides is 1. The van der Waals surface area contributed by atoms with Crippen LogP contribution in [0.2, 0.25) is 0 Å². The highest BCUT2D eigenvalue weighted by atomic mass is 32.2. The van der Waals surface area contributed by atoms with Gasteiger partial charge in [-0.15, -0.1) is 13.2 Å². The van der Waals surface area contributed by atoms with Crippen LogP contribution in [0, 0.1) is 0 Å². The molecule has 0 unspecified atom stereocenters. The Morgan fingerprint density at radius 1 is 1.38 bits per heavy atom. The van der Waals surface area contributed by atoms with E-state index in [0.717, 1.165) is 23.9 Å². The number of halogens is 3. The third-order valence-corrected chi connectivity index (χ3v) is 3.82. The summed E-state index contributed by atoms with van der Waals surface area (Å²) in [5.41, 5.74) is -0.186. The van der Waals surface area contributed by atoms with Crippen LogP contribution in [0.4, 0.5) is 18.9 Å². The zero-order chi connectivity index (χ0) is 17.7. The van der Waals surface area contributed by atoms with Crippen LogP contribution in [0.3, 0.4) is 0 Å². The van der Waals surface area contributed by atoms with Crippen molar-refractivity contribution in [3.63, 3.8) is 0 Å². The molecule has 0 aliphatic carbocycles. The number of nitrogens with one attached hydrogen (secondary N) is 2. The molecule has 0 aliphatic heterocycles. The fourth-order valence-corrected chi connectivity index (χ4v) is 2.56. The van der Waals surface area contributed by atoms with Crippen molar-refractivity contribution >= 4 is 23.4 Å². The van der Waals surface area contributed by atoms with Crippen LogP contribution in [-0.2, 0) is 11.8 Å². The molecule has 0 bridgehead atoms. The molecule has 2 aromatic rings. The van der Waals surface area contributed by atoms with Gasteiger partial charge in [-0.25, -0.2) is 4.79 Å². The van der Waals surface area contributed by atoms with E-state index < -0.39 is 12.0 Å². The Morgan fingerprint density at radius 3 is 2.58 bits per heavy atom. The summed E-state index contributed by atoms with van der Waals surface area (Å²) in [5, 5.41) is 5.22. The lowest BCUT2D eigenvalue weighted by molar-refractivity contribution is -0.772. The highest BCUT2D eigenvalue weighted by Gasteiger charge is 2.30.